The molecule has 0 aliphatic heterocycles. The van der Waals surface area contributed by atoms with Gasteiger partial charge in [0.05, 0.1) is 17.0 Å². The van der Waals surface area contributed by atoms with E-state index in [0.29, 0.717) is 16.3 Å². The van der Waals surface area contributed by atoms with Gasteiger partial charge in [-0.15, -0.1) is 0 Å². The standard InChI is InChI=1S/C19H19ClN4O4S/c20-15-3-1-14(2-4-15)18(25)5-6-19(26)21-10-12-29(27,28)23-16-8-11-24-17(13-16)7-9-22-24/h1-4,7-9,11,13,23H,5-6,10,12H2,(H,21,26). The lowest BCUT2D eigenvalue weighted by molar-refractivity contribution is -0.120. The highest BCUT2D eigenvalue weighted by Crippen LogP contribution is 2.13. The summed E-state index contributed by atoms with van der Waals surface area (Å²) in [5.74, 6) is -0.849. The lowest BCUT2D eigenvalue weighted by Crippen LogP contribution is -2.31. The molecule has 1 aromatic carbocycles. The van der Waals surface area contributed by atoms with Crippen LogP contribution in [0.4, 0.5) is 5.69 Å². The Morgan fingerprint density at radius 1 is 1.07 bits per heavy atom. The van der Waals surface area contributed by atoms with E-state index < -0.39 is 10.0 Å². The number of nitrogens with zero attached hydrogens (tertiary/aromatic N) is 2. The topological polar surface area (TPSA) is 110 Å². The molecule has 0 spiro atoms. The van der Waals surface area contributed by atoms with Crippen molar-refractivity contribution in [1.82, 2.24) is 14.9 Å². The van der Waals surface area contributed by atoms with Crippen LogP contribution in [0.3, 0.4) is 0 Å². The fourth-order valence-corrected chi connectivity index (χ4v) is 3.72. The average molecular weight is 435 g/mol. The largest absolute Gasteiger partial charge is 0.355 e. The lowest BCUT2D eigenvalue weighted by Gasteiger charge is -2.09. The molecule has 0 saturated heterocycles. The molecule has 0 saturated carbocycles. The number of anilines is 1. The van der Waals surface area contributed by atoms with Crippen molar-refractivity contribution >= 4 is 44.5 Å². The number of sulfonamides is 1. The van der Waals surface area contributed by atoms with Gasteiger partial charge in [0.2, 0.25) is 15.9 Å². The lowest BCUT2D eigenvalue weighted by atomic mass is 10.1. The highest BCUT2D eigenvalue weighted by Gasteiger charge is 2.13. The molecule has 2 N–H and O–H groups in total. The predicted octanol–water partition coefficient (Wildman–Crippen LogP) is 2.51. The number of carbonyl (C=O) groups is 2. The minimum Gasteiger partial charge on any atom is -0.355 e. The zero-order chi connectivity index (χ0) is 20.9. The maximum absolute atomic E-state index is 12.2. The van der Waals surface area contributed by atoms with Gasteiger partial charge in [0.1, 0.15) is 0 Å². The second-order valence-electron chi connectivity index (χ2n) is 6.32. The summed E-state index contributed by atoms with van der Waals surface area (Å²) in [5, 5.41) is 7.09. The SMILES string of the molecule is O=C(CCC(=O)c1ccc(Cl)cc1)NCCS(=O)(=O)Nc1ccn2nccc2c1. The van der Waals surface area contributed by atoms with Crippen LogP contribution in [0.5, 0.6) is 0 Å². The molecule has 10 heteroatoms. The Labute approximate surface area is 172 Å². The molecule has 0 unspecified atom stereocenters. The number of rotatable bonds is 9. The summed E-state index contributed by atoms with van der Waals surface area (Å²) in [6, 6.07) is 11.4. The zero-order valence-electron chi connectivity index (χ0n) is 15.3. The van der Waals surface area contributed by atoms with Crippen LogP contribution >= 0.6 is 11.6 Å². The van der Waals surface area contributed by atoms with E-state index in [-0.39, 0.29) is 36.8 Å². The Bertz CT molecular complexity index is 1130. The van der Waals surface area contributed by atoms with Gasteiger partial charge in [0.15, 0.2) is 5.78 Å². The average Bonchev–Trinajstić information content (AvgIpc) is 3.14. The maximum atomic E-state index is 12.2. The number of fused-ring (bicyclic) bond motifs is 1. The molecular formula is C19H19ClN4O4S. The maximum Gasteiger partial charge on any atom is 0.234 e. The minimum atomic E-state index is -3.63. The molecule has 0 radical (unpaired) electrons. The highest BCUT2D eigenvalue weighted by molar-refractivity contribution is 7.92. The molecule has 152 valence electrons. The summed E-state index contributed by atoms with van der Waals surface area (Å²) in [7, 11) is -3.63. The number of benzene rings is 1. The van der Waals surface area contributed by atoms with E-state index in [1.165, 1.54) is 0 Å². The third-order valence-corrected chi connectivity index (χ3v) is 5.65. The van der Waals surface area contributed by atoms with Crippen molar-refractivity contribution in [3.05, 3.63) is 65.4 Å². The zero-order valence-corrected chi connectivity index (χ0v) is 16.9. The Morgan fingerprint density at radius 3 is 2.59 bits per heavy atom. The minimum absolute atomic E-state index is 0.0210. The molecule has 29 heavy (non-hydrogen) atoms. The number of hydrogen-bond donors (Lipinski definition) is 2. The van der Waals surface area contributed by atoms with E-state index in [1.807, 2.05) is 0 Å². The van der Waals surface area contributed by atoms with Crippen molar-refractivity contribution in [1.29, 1.82) is 0 Å². The molecule has 8 nitrogen and oxygen atoms in total. The van der Waals surface area contributed by atoms with Gasteiger partial charge in [-0.25, -0.2) is 12.9 Å². The van der Waals surface area contributed by atoms with E-state index >= 15 is 0 Å². The van der Waals surface area contributed by atoms with Crippen LogP contribution < -0.4 is 10.0 Å². The van der Waals surface area contributed by atoms with Gasteiger partial charge < -0.3 is 5.32 Å². The molecule has 2 aromatic heterocycles. The molecule has 0 bridgehead atoms. The first kappa shape index (κ1) is 20.8. The van der Waals surface area contributed by atoms with Crippen LogP contribution in [0, 0.1) is 0 Å². The molecule has 0 atom stereocenters. The fraction of sp³-hybridized carbons (Fsp3) is 0.211. The first-order valence-corrected chi connectivity index (χ1v) is 10.8. The molecule has 3 aromatic rings. The van der Waals surface area contributed by atoms with Gasteiger partial charge in [-0.1, -0.05) is 11.6 Å². The van der Waals surface area contributed by atoms with Gasteiger partial charge >= 0.3 is 0 Å². The summed E-state index contributed by atoms with van der Waals surface area (Å²) < 4.78 is 28.4. The number of pyridine rings is 1. The van der Waals surface area contributed by atoms with Crippen molar-refractivity contribution in [3.8, 4) is 0 Å². The van der Waals surface area contributed by atoms with Crippen molar-refractivity contribution in [2.45, 2.75) is 12.8 Å². The van der Waals surface area contributed by atoms with Gasteiger partial charge in [-0.2, -0.15) is 5.10 Å². The second-order valence-corrected chi connectivity index (χ2v) is 8.60. The number of aromatic nitrogens is 2. The van der Waals surface area contributed by atoms with Crippen molar-refractivity contribution in [2.24, 2.45) is 0 Å². The molecule has 0 aliphatic rings. The fourth-order valence-electron chi connectivity index (χ4n) is 2.64. The Morgan fingerprint density at radius 2 is 1.83 bits per heavy atom. The van der Waals surface area contributed by atoms with Crippen LogP contribution in [-0.4, -0.2) is 42.0 Å². The first-order valence-electron chi connectivity index (χ1n) is 8.82. The van der Waals surface area contributed by atoms with Crippen LogP contribution in [0.2, 0.25) is 5.02 Å². The van der Waals surface area contributed by atoms with E-state index in [1.54, 1.807) is 59.4 Å². The Kier molecular flexibility index (Phi) is 6.50. The Balaban J connectivity index is 1.42. The molecular weight excluding hydrogens is 416 g/mol. The van der Waals surface area contributed by atoms with E-state index in [4.69, 9.17) is 11.6 Å². The van der Waals surface area contributed by atoms with Gasteiger partial charge in [0, 0.05) is 42.4 Å². The van der Waals surface area contributed by atoms with Gasteiger partial charge in [-0.05, 0) is 42.5 Å². The number of ketones is 1. The number of hydrogen-bond acceptors (Lipinski definition) is 5. The summed E-state index contributed by atoms with van der Waals surface area (Å²) >= 11 is 5.78. The smallest absolute Gasteiger partial charge is 0.234 e. The van der Waals surface area contributed by atoms with E-state index in [0.717, 1.165) is 5.52 Å². The highest BCUT2D eigenvalue weighted by atomic mass is 35.5. The summed E-state index contributed by atoms with van der Waals surface area (Å²) in [6.07, 6.45) is 3.27. The predicted molar refractivity (Wildman–Crippen MR) is 111 cm³/mol. The molecule has 1 amide bonds. The number of carbonyl (C=O) groups excluding carboxylic acids is 2. The monoisotopic (exact) mass is 434 g/mol. The van der Waals surface area contributed by atoms with E-state index in [2.05, 4.69) is 15.1 Å². The van der Waals surface area contributed by atoms with Crippen molar-refractivity contribution in [2.75, 3.05) is 17.0 Å². The van der Waals surface area contributed by atoms with Crippen molar-refractivity contribution < 1.29 is 18.0 Å². The Hall–Kier alpha value is -2.91. The normalized spacial score (nSPS) is 11.3. The van der Waals surface area contributed by atoms with Crippen LogP contribution in [0.25, 0.3) is 5.52 Å². The van der Waals surface area contributed by atoms with Crippen molar-refractivity contribution in [3.63, 3.8) is 0 Å². The first-order chi connectivity index (χ1) is 13.8. The van der Waals surface area contributed by atoms with Crippen LogP contribution in [0.1, 0.15) is 23.2 Å². The third-order valence-electron chi connectivity index (χ3n) is 4.11. The van der Waals surface area contributed by atoms with Gasteiger partial charge in [-0.3, -0.25) is 14.3 Å². The number of amides is 1. The second kappa shape index (κ2) is 9.06. The van der Waals surface area contributed by atoms with Gasteiger partial charge in [0.25, 0.3) is 0 Å². The van der Waals surface area contributed by atoms with Crippen LogP contribution in [-0.2, 0) is 14.8 Å². The van der Waals surface area contributed by atoms with E-state index in [9.17, 15) is 18.0 Å². The summed E-state index contributed by atoms with van der Waals surface area (Å²) in [5.41, 5.74) is 1.64. The molecule has 3 rings (SSSR count). The third kappa shape index (κ3) is 6.03. The molecule has 2 heterocycles. The van der Waals surface area contributed by atoms with Crippen LogP contribution in [0.15, 0.2) is 54.9 Å². The summed E-state index contributed by atoms with van der Waals surface area (Å²) in [4.78, 5) is 23.9. The number of nitrogens with one attached hydrogen (secondary N) is 2. The quantitative estimate of drug-likeness (QED) is 0.503. The molecule has 0 fully saturated rings. The summed E-state index contributed by atoms with van der Waals surface area (Å²) in [6.45, 7) is -0.0573. The number of halogens is 1. The number of Topliss-reactive ketones (excluding diaryl/α,β-unsaturated/α-hetero) is 1. The molecule has 0 aliphatic carbocycles.